The lowest BCUT2D eigenvalue weighted by Crippen LogP contribution is -2.22. The number of unbranched alkanes of at least 4 members (excludes halogenated alkanes) is 1. The summed E-state index contributed by atoms with van der Waals surface area (Å²) in [5.41, 5.74) is 6.88. The largest absolute Gasteiger partial charge is 0.375 e. The van der Waals surface area contributed by atoms with Crippen molar-refractivity contribution >= 4 is 39.4 Å². The van der Waals surface area contributed by atoms with Gasteiger partial charge in [-0.15, -0.1) is 22.7 Å². The van der Waals surface area contributed by atoms with Gasteiger partial charge in [0.2, 0.25) is 0 Å². The van der Waals surface area contributed by atoms with Crippen molar-refractivity contribution in [1.29, 1.82) is 0 Å². The number of rotatable bonds is 7. The van der Waals surface area contributed by atoms with Crippen LogP contribution in [0.2, 0.25) is 5.02 Å². The number of nitrogen functional groups attached to an aromatic ring is 1. The van der Waals surface area contributed by atoms with Crippen LogP contribution in [0.15, 0.2) is 11.4 Å². The average molecular weight is 330 g/mol. The molecule has 2 rings (SSSR count). The molecule has 0 saturated carbocycles. The Morgan fingerprint density at radius 1 is 1.40 bits per heavy atom. The summed E-state index contributed by atoms with van der Waals surface area (Å²) >= 11 is 9.21. The van der Waals surface area contributed by atoms with Crippen molar-refractivity contribution in [3.63, 3.8) is 0 Å². The van der Waals surface area contributed by atoms with E-state index >= 15 is 0 Å². The lowest BCUT2D eigenvalue weighted by molar-refractivity contribution is 0.333. The van der Waals surface area contributed by atoms with Crippen LogP contribution >= 0.6 is 34.3 Å². The van der Waals surface area contributed by atoms with Crippen LogP contribution in [-0.4, -0.2) is 30.0 Å². The smallest absolute Gasteiger partial charge is 0.180 e. The van der Waals surface area contributed by atoms with E-state index in [2.05, 4.69) is 23.9 Å². The van der Waals surface area contributed by atoms with Gasteiger partial charge in [-0.25, -0.2) is 4.98 Å². The summed E-state index contributed by atoms with van der Waals surface area (Å²) in [6.07, 6.45) is 3.46. The minimum absolute atomic E-state index is 0.635. The molecular weight excluding hydrogens is 310 g/mol. The molecule has 0 aliphatic rings. The molecule has 20 heavy (non-hydrogen) atoms. The summed E-state index contributed by atoms with van der Waals surface area (Å²) in [5, 5.41) is 3.34. The lowest BCUT2D eigenvalue weighted by Gasteiger charge is -2.15. The van der Waals surface area contributed by atoms with E-state index < -0.39 is 0 Å². The van der Waals surface area contributed by atoms with Crippen LogP contribution in [0.4, 0.5) is 5.13 Å². The van der Waals surface area contributed by atoms with Gasteiger partial charge in [0, 0.05) is 16.8 Å². The number of nitrogens with two attached hydrogens (primary N) is 1. The molecule has 0 aliphatic carbocycles. The van der Waals surface area contributed by atoms with E-state index in [0.717, 1.165) is 35.1 Å². The average Bonchev–Trinajstić information content (AvgIpc) is 2.99. The molecule has 2 N–H and O–H groups in total. The first-order chi connectivity index (χ1) is 9.60. The summed E-state index contributed by atoms with van der Waals surface area (Å²) < 4.78 is 0. The van der Waals surface area contributed by atoms with Crippen molar-refractivity contribution in [2.75, 3.05) is 25.9 Å². The number of halogens is 1. The van der Waals surface area contributed by atoms with Gasteiger partial charge in [-0.1, -0.05) is 24.9 Å². The first-order valence-electron chi connectivity index (χ1n) is 6.78. The molecule has 0 unspecified atom stereocenters. The predicted molar refractivity (Wildman–Crippen MR) is 91.0 cm³/mol. The highest BCUT2D eigenvalue weighted by molar-refractivity contribution is 7.17. The summed E-state index contributed by atoms with van der Waals surface area (Å²) in [6, 6.07) is 1.96. The van der Waals surface area contributed by atoms with Crippen LogP contribution in [0.3, 0.4) is 0 Å². The number of thiazole rings is 1. The van der Waals surface area contributed by atoms with Crippen LogP contribution in [0.25, 0.3) is 10.6 Å². The van der Waals surface area contributed by atoms with Gasteiger partial charge in [-0.05, 0) is 32.5 Å². The molecule has 0 bridgehead atoms. The molecule has 2 aromatic rings. The quantitative estimate of drug-likeness (QED) is 0.819. The van der Waals surface area contributed by atoms with E-state index in [0.29, 0.717) is 5.13 Å². The monoisotopic (exact) mass is 329 g/mol. The van der Waals surface area contributed by atoms with Gasteiger partial charge < -0.3 is 10.6 Å². The fraction of sp³-hybridized carbons (Fsp3) is 0.500. The Balaban J connectivity index is 2.05. The summed E-state index contributed by atoms with van der Waals surface area (Å²) in [5.74, 6) is 0. The Bertz CT molecular complexity index is 550. The Labute approximate surface area is 133 Å². The zero-order valence-corrected chi connectivity index (χ0v) is 14.2. The molecule has 2 heterocycles. The van der Waals surface area contributed by atoms with Gasteiger partial charge >= 0.3 is 0 Å². The number of hydrogen-bond acceptors (Lipinski definition) is 5. The second-order valence-corrected chi connectivity index (χ2v) is 7.32. The summed E-state index contributed by atoms with van der Waals surface area (Å²) in [4.78, 5) is 9.19. The van der Waals surface area contributed by atoms with Crippen molar-refractivity contribution in [3.05, 3.63) is 21.3 Å². The van der Waals surface area contributed by atoms with E-state index in [1.165, 1.54) is 17.7 Å². The van der Waals surface area contributed by atoms with E-state index in [1.807, 2.05) is 11.4 Å². The molecule has 0 saturated heterocycles. The SMILES string of the molecule is CCCCN(C)CCc1sc(N)nc1-c1cc(Cl)cs1. The van der Waals surface area contributed by atoms with E-state index in [-0.39, 0.29) is 0 Å². The maximum Gasteiger partial charge on any atom is 0.180 e. The van der Waals surface area contributed by atoms with E-state index in [1.54, 1.807) is 22.7 Å². The molecule has 0 aliphatic heterocycles. The highest BCUT2D eigenvalue weighted by Gasteiger charge is 2.14. The number of aromatic nitrogens is 1. The third-order valence-corrected chi connectivity index (χ3v) is 5.36. The Hall–Kier alpha value is -0.620. The Morgan fingerprint density at radius 3 is 2.85 bits per heavy atom. The van der Waals surface area contributed by atoms with Gasteiger partial charge in [-0.2, -0.15) is 0 Å². The van der Waals surface area contributed by atoms with Crippen LogP contribution in [-0.2, 0) is 6.42 Å². The third-order valence-electron chi connectivity index (χ3n) is 3.13. The van der Waals surface area contributed by atoms with Crippen LogP contribution < -0.4 is 5.73 Å². The van der Waals surface area contributed by atoms with Gasteiger partial charge in [0.15, 0.2) is 5.13 Å². The fourth-order valence-electron chi connectivity index (χ4n) is 2.00. The Morgan fingerprint density at radius 2 is 2.20 bits per heavy atom. The third kappa shape index (κ3) is 4.19. The number of thiophene rings is 1. The second kappa shape index (κ2) is 7.41. The van der Waals surface area contributed by atoms with Crippen molar-refractivity contribution in [2.45, 2.75) is 26.2 Å². The molecule has 0 spiro atoms. The molecule has 0 fully saturated rings. The zero-order valence-electron chi connectivity index (χ0n) is 11.9. The van der Waals surface area contributed by atoms with E-state index in [9.17, 15) is 0 Å². The molecule has 2 aromatic heterocycles. The van der Waals surface area contributed by atoms with Crippen molar-refractivity contribution < 1.29 is 0 Å². The Kier molecular flexibility index (Phi) is 5.84. The van der Waals surface area contributed by atoms with Crippen molar-refractivity contribution in [3.8, 4) is 10.6 Å². The van der Waals surface area contributed by atoms with Gasteiger partial charge in [0.1, 0.15) is 0 Å². The molecule has 110 valence electrons. The summed E-state index contributed by atoms with van der Waals surface area (Å²) in [6.45, 7) is 4.40. The number of nitrogens with zero attached hydrogens (tertiary/aromatic N) is 2. The molecule has 0 radical (unpaired) electrons. The highest BCUT2D eigenvalue weighted by Crippen LogP contribution is 2.35. The highest BCUT2D eigenvalue weighted by atomic mass is 35.5. The van der Waals surface area contributed by atoms with Gasteiger partial charge in [0.25, 0.3) is 0 Å². The van der Waals surface area contributed by atoms with Gasteiger partial charge in [-0.3, -0.25) is 0 Å². The normalized spacial score (nSPS) is 11.4. The molecule has 0 aromatic carbocycles. The maximum atomic E-state index is 6.00. The first-order valence-corrected chi connectivity index (χ1v) is 8.85. The summed E-state index contributed by atoms with van der Waals surface area (Å²) in [7, 11) is 2.17. The minimum Gasteiger partial charge on any atom is -0.375 e. The fourth-order valence-corrected chi connectivity index (χ4v) is 3.99. The molecule has 0 amide bonds. The molecule has 0 atom stereocenters. The molecule has 6 heteroatoms. The standard InChI is InChI=1S/C14H20ClN3S2/c1-3-4-6-18(2)7-5-11-13(17-14(16)20-11)12-8-10(15)9-19-12/h8-9H,3-7H2,1-2H3,(H2,16,17). The minimum atomic E-state index is 0.635. The maximum absolute atomic E-state index is 6.00. The molecule has 3 nitrogen and oxygen atoms in total. The molecular formula is C14H20ClN3S2. The first kappa shape index (κ1) is 15.8. The van der Waals surface area contributed by atoms with E-state index in [4.69, 9.17) is 17.3 Å². The van der Waals surface area contributed by atoms with Gasteiger partial charge in [0.05, 0.1) is 15.6 Å². The number of likely N-dealkylation sites (N-methyl/N-ethyl adjacent to an activating group) is 1. The van der Waals surface area contributed by atoms with Crippen molar-refractivity contribution in [2.24, 2.45) is 0 Å². The van der Waals surface area contributed by atoms with Crippen LogP contribution in [0, 0.1) is 0 Å². The predicted octanol–water partition coefficient (Wildman–Crippen LogP) is 4.38. The topological polar surface area (TPSA) is 42.1 Å². The van der Waals surface area contributed by atoms with Crippen molar-refractivity contribution in [1.82, 2.24) is 9.88 Å². The second-order valence-electron chi connectivity index (χ2n) is 4.86. The lowest BCUT2D eigenvalue weighted by atomic mass is 10.2. The van der Waals surface area contributed by atoms with Crippen LogP contribution in [0.5, 0.6) is 0 Å². The van der Waals surface area contributed by atoms with Crippen LogP contribution in [0.1, 0.15) is 24.6 Å². The number of anilines is 1. The number of hydrogen-bond donors (Lipinski definition) is 1. The zero-order chi connectivity index (χ0) is 14.5.